The van der Waals surface area contributed by atoms with Gasteiger partial charge in [-0.05, 0) is 23.6 Å². The summed E-state index contributed by atoms with van der Waals surface area (Å²) in [6.07, 6.45) is 1.99. The molecule has 0 atom stereocenters. The summed E-state index contributed by atoms with van der Waals surface area (Å²) in [6.45, 7) is 0. The minimum Gasteiger partial charge on any atom is -0.307 e. The van der Waals surface area contributed by atoms with E-state index >= 15 is 0 Å². The van der Waals surface area contributed by atoms with Crippen LogP contribution in [0.5, 0.6) is 0 Å². The molecule has 1 aromatic heterocycles. The van der Waals surface area contributed by atoms with Crippen LogP contribution < -0.4 is 4.90 Å². The zero-order valence-corrected chi connectivity index (χ0v) is 14.6. The average molecular weight is 344 g/mol. The van der Waals surface area contributed by atoms with E-state index in [4.69, 9.17) is 4.98 Å². The van der Waals surface area contributed by atoms with Crippen LogP contribution in [-0.4, -0.2) is 4.98 Å². The SMILES string of the molecule is c1ccc(N2c3c(ncc4ccccc34)-c3cccc4cccc2c34)cc1. The van der Waals surface area contributed by atoms with Crippen molar-refractivity contribution < 1.29 is 0 Å². The molecule has 0 radical (unpaired) electrons. The first kappa shape index (κ1) is 14.5. The molecule has 0 aliphatic carbocycles. The molecule has 0 fully saturated rings. The van der Waals surface area contributed by atoms with Crippen LogP contribution in [-0.2, 0) is 0 Å². The van der Waals surface area contributed by atoms with E-state index in [0.717, 1.165) is 22.5 Å². The third-order valence-electron chi connectivity index (χ3n) is 5.39. The molecule has 0 bridgehead atoms. The van der Waals surface area contributed by atoms with Gasteiger partial charge in [0.2, 0.25) is 0 Å². The van der Waals surface area contributed by atoms with E-state index in [9.17, 15) is 0 Å². The predicted molar refractivity (Wildman–Crippen MR) is 113 cm³/mol. The number of fused-ring (bicyclic) bond motifs is 4. The molecule has 126 valence electrons. The standard InChI is InChI=1S/C25H16N2/c1-2-11-19(12-3-1)27-22-15-7-10-17-9-6-14-21(23(17)22)24-25(27)20-13-5-4-8-18(20)16-26-24/h1-16H. The molecule has 2 heterocycles. The second kappa shape index (κ2) is 5.42. The van der Waals surface area contributed by atoms with Gasteiger partial charge in [0.05, 0.1) is 17.1 Å². The Morgan fingerprint density at radius 3 is 2.26 bits per heavy atom. The molecule has 0 saturated carbocycles. The smallest absolute Gasteiger partial charge is 0.0956 e. The maximum absolute atomic E-state index is 4.91. The van der Waals surface area contributed by atoms with Gasteiger partial charge in [0.1, 0.15) is 0 Å². The highest BCUT2D eigenvalue weighted by Gasteiger charge is 2.28. The number of rotatable bonds is 1. The van der Waals surface area contributed by atoms with Gasteiger partial charge in [0.15, 0.2) is 0 Å². The lowest BCUT2D eigenvalue weighted by molar-refractivity contribution is 1.25. The second-order valence-electron chi connectivity index (χ2n) is 6.89. The van der Waals surface area contributed by atoms with Gasteiger partial charge >= 0.3 is 0 Å². The maximum Gasteiger partial charge on any atom is 0.0956 e. The minimum absolute atomic E-state index is 1.04. The van der Waals surface area contributed by atoms with Crippen LogP contribution in [0, 0.1) is 0 Å². The molecule has 5 aromatic rings. The Bertz CT molecular complexity index is 1320. The number of aromatic nitrogens is 1. The van der Waals surface area contributed by atoms with Crippen LogP contribution in [0.1, 0.15) is 0 Å². The summed E-state index contributed by atoms with van der Waals surface area (Å²) >= 11 is 0. The van der Waals surface area contributed by atoms with Gasteiger partial charge in [0, 0.05) is 33.6 Å². The van der Waals surface area contributed by atoms with Crippen LogP contribution in [0.4, 0.5) is 17.1 Å². The number of benzene rings is 4. The Labute approximate surface area is 157 Å². The molecule has 0 spiro atoms. The van der Waals surface area contributed by atoms with Gasteiger partial charge in [-0.2, -0.15) is 0 Å². The fourth-order valence-corrected chi connectivity index (χ4v) is 4.24. The van der Waals surface area contributed by atoms with Crippen molar-refractivity contribution in [1.29, 1.82) is 0 Å². The van der Waals surface area contributed by atoms with E-state index in [0.29, 0.717) is 0 Å². The molecular weight excluding hydrogens is 328 g/mol. The van der Waals surface area contributed by atoms with Gasteiger partial charge in [0.25, 0.3) is 0 Å². The Morgan fingerprint density at radius 1 is 0.630 bits per heavy atom. The molecule has 27 heavy (non-hydrogen) atoms. The second-order valence-corrected chi connectivity index (χ2v) is 6.89. The highest BCUT2D eigenvalue weighted by atomic mass is 15.2. The predicted octanol–water partition coefficient (Wildman–Crippen LogP) is 6.84. The highest BCUT2D eigenvalue weighted by molar-refractivity contribution is 6.17. The third-order valence-corrected chi connectivity index (χ3v) is 5.39. The normalized spacial score (nSPS) is 12.4. The van der Waals surface area contributed by atoms with Crippen molar-refractivity contribution in [3.05, 3.63) is 97.2 Å². The Hall–Kier alpha value is -3.65. The van der Waals surface area contributed by atoms with Crippen LogP contribution in [0.2, 0.25) is 0 Å². The van der Waals surface area contributed by atoms with Crippen LogP contribution in [0.3, 0.4) is 0 Å². The molecular formula is C25H16N2. The first-order valence-electron chi connectivity index (χ1n) is 9.17. The van der Waals surface area contributed by atoms with Gasteiger partial charge in [-0.25, -0.2) is 0 Å². The highest BCUT2D eigenvalue weighted by Crippen LogP contribution is 2.52. The molecule has 4 aromatic carbocycles. The minimum atomic E-state index is 1.04. The van der Waals surface area contributed by atoms with Gasteiger partial charge < -0.3 is 4.90 Å². The zero-order valence-electron chi connectivity index (χ0n) is 14.6. The van der Waals surface area contributed by atoms with Crippen molar-refractivity contribution >= 4 is 38.6 Å². The number of pyridine rings is 1. The Morgan fingerprint density at radius 2 is 1.37 bits per heavy atom. The van der Waals surface area contributed by atoms with E-state index in [2.05, 4.69) is 95.9 Å². The van der Waals surface area contributed by atoms with Gasteiger partial charge in [-0.15, -0.1) is 0 Å². The molecule has 0 saturated heterocycles. The van der Waals surface area contributed by atoms with Gasteiger partial charge in [-0.1, -0.05) is 72.8 Å². The first-order chi connectivity index (χ1) is 13.4. The lowest BCUT2D eigenvalue weighted by Crippen LogP contribution is -2.16. The number of para-hydroxylation sites is 1. The summed E-state index contributed by atoms with van der Waals surface area (Å²) in [5.41, 5.74) is 5.77. The monoisotopic (exact) mass is 344 g/mol. The number of hydrogen-bond donors (Lipinski definition) is 0. The topological polar surface area (TPSA) is 16.1 Å². The fourth-order valence-electron chi connectivity index (χ4n) is 4.24. The van der Waals surface area contributed by atoms with Crippen LogP contribution >= 0.6 is 0 Å². The van der Waals surface area contributed by atoms with Crippen molar-refractivity contribution in [3.63, 3.8) is 0 Å². The maximum atomic E-state index is 4.91. The Balaban J connectivity index is 1.84. The molecule has 2 heteroatoms. The number of anilines is 3. The lowest BCUT2D eigenvalue weighted by Gasteiger charge is -2.33. The molecule has 1 aliphatic rings. The fraction of sp³-hybridized carbons (Fsp3) is 0. The number of nitrogens with zero attached hydrogens (tertiary/aromatic N) is 2. The van der Waals surface area contributed by atoms with Crippen molar-refractivity contribution in [2.45, 2.75) is 0 Å². The lowest BCUT2D eigenvalue weighted by atomic mass is 9.92. The summed E-state index contributed by atoms with van der Waals surface area (Å²) in [7, 11) is 0. The summed E-state index contributed by atoms with van der Waals surface area (Å²) in [5, 5.41) is 4.88. The van der Waals surface area contributed by atoms with Crippen molar-refractivity contribution in [1.82, 2.24) is 4.98 Å². The third kappa shape index (κ3) is 1.98. The number of hydrogen-bond acceptors (Lipinski definition) is 2. The molecule has 0 N–H and O–H groups in total. The Kier molecular flexibility index (Phi) is 2.91. The van der Waals surface area contributed by atoms with E-state index in [-0.39, 0.29) is 0 Å². The largest absolute Gasteiger partial charge is 0.307 e. The van der Waals surface area contributed by atoms with E-state index in [1.165, 1.54) is 27.4 Å². The molecule has 2 nitrogen and oxygen atoms in total. The summed E-state index contributed by atoms with van der Waals surface area (Å²) in [4.78, 5) is 7.27. The molecule has 0 amide bonds. The molecule has 6 rings (SSSR count). The zero-order chi connectivity index (χ0) is 17.8. The van der Waals surface area contributed by atoms with E-state index in [1.54, 1.807) is 0 Å². The quantitative estimate of drug-likeness (QED) is 0.325. The van der Waals surface area contributed by atoms with E-state index in [1.807, 2.05) is 6.20 Å². The molecule has 0 unspecified atom stereocenters. The summed E-state index contributed by atoms with van der Waals surface area (Å²) in [6, 6.07) is 32.1. The molecule has 1 aliphatic heterocycles. The van der Waals surface area contributed by atoms with Crippen LogP contribution in [0.25, 0.3) is 32.8 Å². The summed E-state index contributed by atoms with van der Waals surface area (Å²) < 4.78 is 0. The van der Waals surface area contributed by atoms with Crippen molar-refractivity contribution in [3.8, 4) is 11.3 Å². The average Bonchev–Trinajstić information content (AvgIpc) is 2.75. The van der Waals surface area contributed by atoms with E-state index < -0.39 is 0 Å². The van der Waals surface area contributed by atoms with Crippen molar-refractivity contribution in [2.75, 3.05) is 4.90 Å². The van der Waals surface area contributed by atoms with Crippen molar-refractivity contribution in [2.24, 2.45) is 0 Å². The van der Waals surface area contributed by atoms with Crippen LogP contribution in [0.15, 0.2) is 97.2 Å². The van der Waals surface area contributed by atoms with Gasteiger partial charge in [-0.3, -0.25) is 4.98 Å². The first-order valence-corrected chi connectivity index (χ1v) is 9.17. The summed E-state index contributed by atoms with van der Waals surface area (Å²) in [5.74, 6) is 0.